The number of nitrogens with zero attached hydrogens (tertiary/aromatic N) is 1. The number of hydrogen-bond acceptors (Lipinski definition) is 3. The lowest BCUT2D eigenvalue weighted by Gasteiger charge is -2.11. The van der Waals surface area contributed by atoms with E-state index in [0.717, 1.165) is 0 Å². The second-order valence-corrected chi connectivity index (χ2v) is 3.91. The van der Waals surface area contributed by atoms with Gasteiger partial charge in [-0.05, 0) is 11.6 Å². The lowest BCUT2D eigenvalue weighted by Crippen LogP contribution is -2.32. The number of carboxylic acids is 1. The summed E-state index contributed by atoms with van der Waals surface area (Å²) in [6.07, 6.45) is 3.28. The number of benzene rings is 1. The highest BCUT2D eigenvalue weighted by molar-refractivity contribution is 5.73. The topological polar surface area (TPSA) is 101 Å². The minimum atomic E-state index is -1.06. The van der Waals surface area contributed by atoms with Crippen molar-refractivity contribution in [3.63, 3.8) is 0 Å². The average molecular weight is 247 g/mol. The normalized spacial score (nSPS) is 12.3. The summed E-state index contributed by atoms with van der Waals surface area (Å²) < 4.78 is 1.42. The summed E-state index contributed by atoms with van der Waals surface area (Å²) in [5, 5.41) is 8.82. The maximum atomic E-state index is 11.6. The van der Waals surface area contributed by atoms with Crippen LogP contribution in [0.2, 0.25) is 0 Å². The number of imidazole rings is 1. The summed E-state index contributed by atoms with van der Waals surface area (Å²) >= 11 is 0. The number of para-hydroxylation sites is 1. The number of carboxylic acid groups (broad SMARTS) is 1. The van der Waals surface area contributed by atoms with E-state index in [2.05, 4.69) is 4.98 Å². The molecule has 0 aliphatic heterocycles. The number of nitrogens with two attached hydrogens (primary N) is 1. The Bertz CT molecular complexity index is 615. The average Bonchev–Trinajstić information content (AvgIpc) is 2.76. The number of rotatable bonds is 4. The predicted octanol–water partition coefficient (Wildman–Crippen LogP) is 0.120. The smallest absolute Gasteiger partial charge is 0.330 e. The fourth-order valence-corrected chi connectivity index (χ4v) is 1.75. The Morgan fingerprint density at radius 1 is 1.44 bits per heavy atom. The Morgan fingerprint density at radius 3 is 2.78 bits per heavy atom. The molecule has 0 radical (unpaired) electrons. The van der Waals surface area contributed by atoms with Crippen molar-refractivity contribution in [2.24, 2.45) is 5.73 Å². The molecule has 1 atom stereocenters. The lowest BCUT2D eigenvalue weighted by atomic mass is 10.0. The largest absolute Gasteiger partial charge is 0.480 e. The molecule has 0 bridgehead atoms. The molecule has 1 unspecified atom stereocenters. The van der Waals surface area contributed by atoms with E-state index in [1.54, 1.807) is 30.5 Å². The van der Waals surface area contributed by atoms with Gasteiger partial charge in [-0.2, -0.15) is 0 Å². The Morgan fingerprint density at radius 2 is 2.17 bits per heavy atom. The van der Waals surface area contributed by atoms with Gasteiger partial charge in [0.1, 0.15) is 6.04 Å². The van der Waals surface area contributed by atoms with Crippen LogP contribution in [0.25, 0.3) is 5.69 Å². The standard InChI is InChI=1S/C12H13N3O3/c13-9(11(16)17)7-8-3-1-2-4-10(8)15-6-5-14-12(15)18/h1-6,9H,7,13H2,(H,14,18)(H,16,17). The summed E-state index contributed by atoms with van der Waals surface area (Å²) in [6.45, 7) is 0. The van der Waals surface area contributed by atoms with Crippen molar-refractivity contribution in [2.45, 2.75) is 12.5 Å². The summed E-state index contributed by atoms with van der Waals surface area (Å²) in [5.41, 5.74) is 6.60. The minimum Gasteiger partial charge on any atom is -0.480 e. The Balaban J connectivity index is 2.41. The molecular formula is C12H13N3O3. The molecule has 0 aliphatic rings. The van der Waals surface area contributed by atoms with Crippen molar-refractivity contribution in [2.75, 3.05) is 0 Å². The van der Waals surface area contributed by atoms with E-state index in [4.69, 9.17) is 10.8 Å². The molecule has 0 aliphatic carbocycles. The highest BCUT2D eigenvalue weighted by atomic mass is 16.4. The zero-order valence-corrected chi connectivity index (χ0v) is 9.54. The number of nitrogens with one attached hydrogen (secondary N) is 1. The Hall–Kier alpha value is -2.34. The number of aromatic amines is 1. The second-order valence-electron chi connectivity index (χ2n) is 3.91. The van der Waals surface area contributed by atoms with Crippen LogP contribution in [0.3, 0.4) is 0 Å². The monoisotopic (exact) mass is 247 g/mol. The lowest BCUT2D eigenvalue weighted by molar-refractivity contribution is -0.138. The SMILES string of the molecule is NC(Cc1ccccc1-n1cc[nH]c1=O)C(=O)O. The van der Waals surface area contributed by atoms with Crippen molar-refractivity contribution in [1.29, 1.82) is 0 Å². The van der Waals surface area contributed by atoms with Crippen LogP contribution in [0.15, 0.2) is 41.5 Å². The van der Waals surface area contributed by atoms with Gasteiger partial charge in [0.2, 0.25) is 0 Å². The molecule has 4 N–H and O–H groups in total. The van der Waals surface area contributed by atoms with Gasteiger partial charge in [0, 0.05) is 18.8 Å². The van der Waals surface area contributed by atoms with Crippen LogP contribution in [0, 0.1) is 0 Å². The third-order valence-corrected chi connectivity index (χ3v) is 2.66. The van der Waals surface area contributed by atoms with E-state index in [1.807, 2.05) is 0 Å². The number of H-pyrrole nitrogens is 1. The molecule has 2 rings (SSSR count). The number of hydrogen-bond donors (Lipinski definition) is 3. The highest BCUT2D eigenvalue weighted by Gasteiger charge is 2.15. The van der Waals surface area contributed by atoms with Crippen LogP contribution in [-0.2, 0) is 11.2 Å². The number of aliphatic carboxylic acids is 1. The van der Waals surface area contributed by atoms with Gasteiger partial charge in [0.25, 0.3) is 0 Å². The van der Waals surface area contributed by atoms with Crippen LogP contribution in [-0.4, -0.2) is 26.7 Å². The summed E-state index contributed by atoms with van der Waals surface area (Å²) in [6, 6.07) is 6.09. The number of carbonyl (C=O) groups is 1. The summed E-state index contributed by atoms with van der Waals surface area (Å²) in [4.78, 5) is 24.9. The third-order valence-electron chi connectivity index (χ3n) is 2.66. The van der Waals surface area contributed by atoms with E-state index < -0.39 is 12.0 Å². The van der Waals surface area contributed by atoms with Crippen LogP contribution in [0.1, 0.15) is 5.56 Å². The van der Waals surface area contributed by atoms with Crippen molar-refractivity contribution in [3.05, 3.63) is 52.7 Å². The fraction of sp³-hybridized carbons (Fsp3) is 0.167. The van der Waals surface area contributed by atoms with E-state index >= 15 is 0 Å². The van der Waals surface area contributed by atoms with Gasteiger partial charge in [0.05, 0.1) is 5.69 Å². The van der Waals surface area contributed by atoms with Gasteiger partial charge < -0.3 is 15.8 Å². The molecule has 6 nitrogen and oxygen atoms in total. The minimum absolute atomic E-state index is 0.170. The maximum absolute atomic E-state index is 11.6. The molecule has 94 valence electrons. The first-order valence-electron chi connectivity index (χ1n) is 5.42. The van der Waals surface area contributed by atoms with Gasteiger partial charge in [-0.1, -0.05) is 18.2 Å². The molecule has 18 heavy (non-hydrogen) atoms. The first kappa shape index (κ1) is 12.1. The zero-order valence-electron chi connectivity index (χ0n) is 9.54. The van der Waals surface area contributed by atoms with Crippen LogP contribution < -0.4 is 11.4 Å². The zero-order chi connectivity index (χ0) is 13.1. The fourth-order valence-electron chi connectivity index (χ4n) is 1.75. The molecule has 0 spiro atoms. The molecule has 1 heterocycles. The molecule has 2 aromatic rings. The number of aromatic nitrogens is 2. The molecule has 1 aromatic carbocycles. The maximum Gasteiger partial charge on any atom is 0.330 e. The molecule has 6 heteroatoms. The molecule has 0 saturated heterocycles. The predicted molar refractivity (Wildman–Crippen MR) is 65.7 cm³/mol. The molecule has 0 fully saturated rings. The molecule has 1 aromatic heterocycles. The van der Waals surface area contributed by atoms with Crippen molar-refractivity contribution in [3.8, 4) is 5.69 Å². The van der Waals surface area contributed by atoms with E-state index in [0.29, 0.717) is 11.3 Å². The first-order valence-corrected chi connectivity index (χ1v) is 5.42. The summed E-state index contributed by atoms with van der Waals surface area (Å²) in [5.74, 6) is -1.06. The Kier molecular flexibility index (Phi) is 3.29. The second kappa shape index (κ2) is 4.89. The van der Waals surface area contributed by atoms with Gasteiger partial charge in [0.15, 0.2) is 0 Å². The quantitative estimate of drug-likeness (QED) is 0.714. The summed E-state index contributed by atoms with van der Waals surface area (Å²) in [7, 11) is 0. The highest BCUT2D eigenvalue weighted by Crippen LogP contribution is 2.14. The van der Waals surface area contributed by atoms with Gasteiger partial charge in [-0.3, -0.25) is 9.36 Å². The Labute approximate surface area is 103 Å². The molecule has 0 amide bonds. The van der Waals surface area contributed by atoms with Crippen molar-refractivity contribution in [1.82, 2.24) is 9.55 Å². The van der Waals surface area contributed by atoms with E-state index in [1.165, 1.54) is 10.8 Å². The van der Waals surface area contributed by atoms with Crippen molar-refractivity contribution >= 4 is 5.97 Å². The van der Waals surface area contributed by atoms with Crippen LogP contribution in [0.5, 0.6) is 0 Å². The van der Waals surface area contributed by atoms with Crippen LogP contribution >= 0.6 is 0 Å². The van der Waals surface area contributed by atoms with Gasteiger partial charge in [-0.25, -0.2) is 4.79 Å². The van der Waals surface area contributed by atoms with Crippen LogP contribution in [0.4, 0.5) is 0 Å². The molecule has 0 saturated carbocycles. The van der Waals surface area contributed by atoms with Gasteiger partial charge >= 0.3 is 11.7 Å². The molecular weight excluding hydrogens is 234 g/mol. The first-order chi connectivity index (χ1) is 8.59. The van der Waals surface area contributed by atoms with Crippen molar-refractivity contribution < 1.29 is 9.90 Å². The van der Waals surface area contributed by atoms with E-state index in [9.17, 15) is 9.59 Å². The van der Waals surface area contributed by atoms with E-state index in [-0.39, 0.29) is 12.1 Å². The third kappa shape index (κ3) is 2.33. The van der Waals surface area contributed by atoms with Gasteiger partial charge in [-0.15, -0.1) is 0 Å².